The normalized spacial score (nSPS) is 22.0. The Hall–Kier alpha value is -5.60. The molecule has 16 nitrogen and oxygen atoms in total. The van der Waals surface area contributed by atoms with Crippen molar-refractivity contribution in [3.05, 3.63) is 81.5 Å². The fourth-order valence-corrected chi connectivity index (χ4v) is 9.04. The average Bonchev–Trinajstić information content (AvgIpc) is 3.91. The van der Waals surface area contributed by atoms with E-state index in [4.69, 9.17) is 14.5 Å². The van der Waals surface area contributed by atoms with Crippen molar-refractivity contribution < 1.29 is 56.1 Å². The second-order valence-electron chi connectivity index (χ2n) is 17.8. The highest BCUT2D eigenvalue weighted by atomic mass is 19.4. The van der Waals surface area contributed by atoms with Crippen LogP contribution >= 0.6 is 0 Å². The molecule has 0 aromatic carbocycles. The fraction of sp³-hybridized carbons (Fsp3) is 0.556. The highest BCUT2D eigenvalue weighted by Crippen LogP contribution is 2.45. The van der Waals surface area contributed by atoms with Crippen LogP contribution in [0.2, 0.25) is 0 Å². The van der Waals surface area contributed by atoms with Crippen LogP contribution in [0.1, 0.15) is 99.3 Å². The molecule has 2 saturated heterocycles. The molecule has 0 radical (unpaired) electrons. The van der Waals surface area contributed by atoms with E-state index < -0.39 is 48.2 Å². The van der Waals surface area contributed by atoms with Crippen LogP contribution in [0, 0.1) is 17.3 Å². The molecule has 2 aliphatic heterocycles. The number of H-pyrrole nitrogens is 1. The summed E-state index contributed by atoms with van der Waals surface area (Å²) in [6.07, 6.45) is -0.304. The van der Waals surface area contributed by atoms with Gasteiger partial charge in [0.2, 0.25) is 11.8 Å². The molecule has 4 amide bonds. The van der Waals surface area contributed by atoms with Gasteiger partial charge in [-0.1, -0.05) is 13.0 Å². The van der Waals surface area contributed by atoms with E-state index in [1.807, 2.05) is 0 Å². The van der Waals surface area contributed by atoms with E-state index in [9.17, 15) is 37.5 Å². The van der Waals surface area contributed by atoms with Gasteiger partial charge in [-0.15, -0.1) is 13.2 Å². The molecule has 2 fully saturated rings. The standard InChI is InChI=1S/C45H56F4N8O8/c1-24-17-34(57(22-24)41(60)37(56-43(62)63-4)25-11-15-64-16-12-25)39-53-32-9-6-26-18-27(5-8-29(26)38(32)55-39)30-19-31(46)33(20-35(30)65-45(47,48)49)54-40(59)28-7-10-36(52-21-28)50-13-14-51-42(61)44(2,3)23-58/h7,10,18-19,21,24-25,34-35,37,58H,5-6,8-9,11-17,20,22-23H2,1-4H3,(H,50,52)(H,51,61)(H,53,55)(H,54,59)(H,56,62). The number of alkyl carbamates (subject to hydrolysis) is 1. The van der Waals surface area contributed by atoms with Crippen molar-refractivity contribution in [2.45, 2.75) is 96.7 Å². The number of aliphatic hydroxyl groups is 1. The predicted molar refractivity (Wildman–Crippen MR) is 228 cm³/mol. The summed E-state index contributed by atoms with van der Waals surface area (Å²) >= 11 is 0. The number of halogens is 4. The molecule has 352 valence electrons. The van der Waals surface area contributed by atoms with Crippen LogP contribution in [0.25, 0.3) is 5.57 Å². The van der Waals surface area contributed by atoms with Crippen LogP contribution in [-0.4, -0.2) is 114 Å². The number of carbonyl (C=O) groups is 4. The molecule has 6 N–H and O–H groups in total. The quantitative estimate of drug-likeness (QED) is 0.100. The van der Waals surface area contributed by atoms with E-state index in [0.29, 0.717) is 82.0 Å². The largest absolute Gasteiger partial charge is 0.523 e. The summed E-state index contributed by atoms with van der Waals surface area (Å²) < 4.78 is 72.4. The third kappa shape index (κ3) is 11.1. The topological polar surface area (TPSA) is 209 Å². The summed E-state index contributed by atoms with van der Waals surface area (Å²) in [6.45, 7) is 6.94. The maximum Gasteiger partial charge on any atom is 0.523 e. The van der Waals surface area contributed by atoms with Crippen molar-refractivity contribution in [2.75, 3.05) is 51.9 Å². The van der Waals surface area contributed by atoms with Crippen molar-refractivity contribution in [1.29, 1.82) is 0 Å². The molecule has 0 spiro atoms. The number of aromatic nitrogens is 3. The Bertz CT molecular complexity index is 2260. The van der Waals surface area contributed by atoms with Crippen molar-refractivity contribution in [1.82, 2.24) is 35.8 Å². The summed E-state index contributed by atoms with van der Waals surface area (Å²) in [5.74, 6) is -1.18. The molecule has 5 aliphatic rings. The summed E-state index contributed by atoms with van der Waals surface area (Å²) in [6, 6.07) is 1.73. The lowest BCUT2D eigenvalue weighted by Crippen LogP contribution is -2.53. The molecule has 2 aromatic rings. The fourth-order valence-electron chi connectivity index (χ4n) is 9.04. The number of aromatic amines is 1. The first kappa shape index (κ1) is 47.4. The van der Waals surface area contributed by atoms with Gasteiger partial charge in [0.15, 0.2) is 0 Å². The second-order valence-corrected chi connectivity index (χ2v) is 17.8. The number of pyridine rings is 1. The van der Waals surface area contributed by atoms with E-state index in [1.54, 1.807) is 24.8 Å². The van der Waals surface area contributed by atoms with Gasteiger partial charge in [-0.05, 0) is 111 Å². The number of likely N-dealkylation sites (tertiary alicyclic amines) is 1. The third-order valence-electron chi connectivity index (χ3n) is 12.6. The molecule has 3 aliphatic carbocycles. The zero-order valence-electron chi connectivity index (χ0n) is 36.8. The molecule has 4 unspecified atom stereocenters. The van der Waals surface area contributed by atoms with Gasteiger partial charge in [-0.3, -0.25) is 19.1 Å². The lowest BCUT2D eigenvalue weighted by Gasteiger charge is -2.34. The highest BCUT2D eigenvalue weighted by molar-refractivity contribution is 5.95. The number of rotatable bonds is 14. The number of nitrogens with zero attached hydrogens (tertiary/aromatic N) is 3. The van der Waals surface area contributed by atoms with Crippen LogP contribution in [0.15, 0.2) is 58.7 Å². The number of hydrogen-bond donors (Lipinski definition) is 6. The molecule has 4 atom stereocenters. The van der Waals surface area contributed by atoms with E-state index >= 15 is 4.39 Å². The average molecular weight is 913 g/mol. The minimum absolute atomic E-state index is 0.0276. The van der Waals surface area contributed by atoms with Crippen molar-refractivity contribution in [2.24, 2.45) is 17.3 Å². The van der Waals surface area contributed by atoms with Gasteiger partial charge in [0.1, 0.15) is 23.5 Å². The van der Waals surface area contributed by atoms with E-state index in [1.165, 1.54) is 25.4 Å². The first-order valence-electron chi connectivity index (χ1n) is 21.9. The summed E-state index contributed by atoms with van der Waals surface area (Å²) in [5, 5.41) is 20.2. The van der Waals surface area contributed by atoms with Crippen molar-refractivity contribution >= 4 is 35.2 Å². The Morgan fingerprint density at radius 3 is 2.52 bits per heavy atom. The Balaban J connectivity index is 1.06. The molecule has 65 heavy (non-hydrogen) atoms. The number of amides is 4. The minimum atomic E-state index is -5.06. The third-order valence-corrected chi connectivity index (χ3v) is 12.6. The zero-order valence-corrected chi connectivity index (χ0v) is 36.8. The van der Waals surface area contributed by atoms with Crippen LogP contribution in [0.3, 0.4) is 0 Å². The Morgan fingerprint density at radius 1 is 1.06 bits per heavy atom. The first-order valence-corrected chi connectivity index (χ1v) is 21.9. The second kappa shape index (κ2) is 19.9. The maximum absolute atomic E-state index is 15.8. The SMILES string of the molecule is COC(=O)NC(C(=O)N1CC(C)CC1c1nc2c([nH]1)CCC1=C2CCC(C2=CC(F)=C(NC(=O)c3ccc(NCCNC(=O)C(C)(C)CO)nc3)CC2OC(F)(F)F)=C1)C1CCOCC1. The number of ether oxygens (including phenoxy) is 3. The molecular formula is C45H56F4N8O8. The summed E-state index contributed by atoms with van der Waals surface area (Å²) in [7, 11) is 1.26. The Morgan fingerprint density at radius 2 is 1.83 bits per heavy atom. The number of alkyl halides is 3. The zero-order chi connectivity index (χ0) is 46.6. The maximum atomic E-state index is 15.8. The number of anilines is 1. The Kier molecular flexibility index (Phi) is 14.5. The number of imidazole rings is 1. The first-order chi connectivity index (χ1) is 30.9. The number of aliphatic hydroxyl groups excluding tert-OH is 1. The van der Waals surface area contributed by atoms with Gasteiger partial charge in [0.05, 0.1) is 48.2 Å². The van der Waals surface area contributed by atoms with Crippen LogP contribution in [-0.2, 0) is 30.2 Å². The van der Waals surface area contributed by atoms with Crippen molar-refractivity contribution in [3.63, 3.8) is 0 Å². The van der Waals surface area contributed by atoms with Gasteiger partial charge in [-0.25, -0.2) is 19.2 Å². The van der Waals surface area contributed by atoms with E-state index in [-0.39, 0.29) is 66.1 Å². The number of methoxy groups -OCH3 is 1. The summed E-state index contributed by atoms with van der Waals surface area (Å²) in [5.41, 5.74) is 2.65. The summed E-state index contributed by atoms with van der Waals surface area (Å²) in [4.78, 5) is 66.4. The smallest absolute Gasteiger partial charge is 0.453 e. The minimum Gasteiger partial charge on any atom is -0.453 e. The van der Waals surface area contributed by atoms with Gasteiger partial charge < -0.3 is 45.7 Å². The molecule has 0 saturated carbocycles. The number of hydrogen-bond acceptors (Lipinski definition) is 11. The highest BCUT2D eigenvalue weighted by Gasteiger charge is 2.44. The number of carbonyl (C=O) groups excluding carboxylic acids is 4. The molecule has 0 bridgehead atoms. The van der Waals surface area contributed by atoms with Gasteiger partial charge >= 0.3 is 12.5 Å². The monoisotopic (exact) mass is 912 g/mol. The van der Waals surface area contributed by atoms with Crippen LogP contribution in [0.4, 0.5) is 28.2 Å². The lowest BCUT2D eigenvalue weighted by molar-refractivity contribution is -0.337. The molecule has 2 aromatic heterocycles. The molecule has 7 rings (SSSR count). The Labute approximate surface area is 373 Å². The number of aryl methyl sites for hydroxylation is 1. The number of allylic oxidation sites excluding steroid dienone is 5. The van der Waals surface area contributed by atoms with Crippen LogP contribution < -0.4 is 21.3 Å². The van der Waals surface area contributed by atoms with Gasteiger partial charge in [-0.2, -0.15) is 0 Å². The van der Waals surface area contributed by atoms with E-state index in [0.717, 1.165) is 28.6 Å². The van der Waals surface area contributed by atoms with Gasteiger partial charge in [0.25, 0.3) is 5.91 Å². The molecular weight excluding hydrogens is 857 g/mol. The molecule has 4 heterocycles. The molecule has 20 heteroatoms. The van der Waals surface area contributed by atoms with E-state index in [2.05, 4.69) is 42.9 Å². The predicted octanol–water partition coefficient (Wildman–Crippen LogP) is 5.68. The number of nitrogens with one attached hydrogen (secondary N) is 5. The van der Waals surface area contributed by atoms with Gasteiger partial charge in [0, 0.05) is 51.2 Å². The lowest BCUT2D eigenvalue weighted by atomic mass is 9.79. The van der Waals surface area contributed by atoms with Crippen molar-refractivity contribution in [3.8, 4) is 0 Å². The number of fused-ring (bicyclic) bond motifs is 2. The van der Waals surface area contributed by atoms with Crippen LogP contribution in [0.5, 0.6) is 0 Å².